The highest BCUT2D eigenvalue weighted by Crippen LogP contribution is 2.27. The van der Waals surface area contributed by atoms with Crippen molar-refractivity contribution < 1.29 is 9.59 Å². The first kappa shape index (κ1) is 19.7. The molecular formula is C19H28ClN3O2. The number of hydrogen-bond acceptors (Lipinski definition) is 3. The van der Waals surface area contributed by atoms with E-state index in [1.807, 2.05) is 19.1 Å². The van der Waals surface area contributed by atoms with Gasteiger partial charge < -0.3 is 16.0 Å². The van der Waals surface area contributed by atoms with Gasteiger partial charge in [-0.3, -0.25) is 9.59 Å². The Hall–Kier alpha value is -1.59. The van der Waals surface area contributed by atoms with Crippen molar-refractivity contribution in [2.24, 2.45) is 5.92 Å². The Bertz CT molecular complexity index is 611. The Balaban J connectivity index is 0.00000225. The molecule has 0 aromatic heterocycles. The van der Waals surface area contributed by atoms with Crippen molar-refractivity contribution >= 4 is 29.9 Å². The molecule has 1 aromatic carbocycles. The minimum absolute atomic E-state index is 0. The van der Waals surface area contributed by atoms with E-state index in [1.165, 1.54) is 25.7 Å². The molecular weight excluding hydrogens is 338 g/mol. The van der Waals surface area contributed by atoms with E-state index in [0.717, 1.165) is 36.6 Å². The summed E-state index contributed by atoms with van der Waals surface area (Å²) in [4.78, 5) is 24.3. The van der Waals surface area contributed by atoms with Gasteiger partial charge in [0.15, 0.2) is 0 Å². The molecule has 0 atom stereocenters. The Kier molecular flexibility index (Phi) is 7.26. The number of carbonyl (C=O) groups excluding carboxylic acids is 2. The summed E-state index contributed by atoms with van der Waals surface area (Å²) in [6.45, 7) is 3.17. The lowest BCUT2D eigenvalue weighted by Gasteiger charge is -2.14. The molecule has 2 aliphatic rings. The van der Waals surface area contributed by atoms with Crippen LogP contribution >= 0.6 is 12.4 Å². The normalized spacial score (nSPS) is 17.0. The number of amides is 2. The fraction of sp³-hybridized carbons (Fsp3) is 0.579. The molecule has 138 valence electrons. The second kappa shape index (κ2) is 9.20. The molecule has 3 N–H and O–H groups in total. The monoisotopic (exact) mass is 365 g/mol. The van der Waals surface area contributed by atoms with Crippen LogP contribution in [-0.4, -0.2) is 30.9 Å². The van der Waals surface area contributed by atoms with Crippen molar-refractivity contribution in [3.05, 3.63) is 29.3 Å². The lowest BCUT2D eigenvalue weighted by molar-refractivity contribution is -0.115. The number of nitrogens with one attached hydrogen (secondary N) is 3. The summed E-state index contributed by atoms with van der Waals surface area (Å²) in [6, 6.07) is 5.76. The van der Waals surface area contributed by atoms with Gasteiger partial charge in [-0.05, 0) is 68.8 Å². The summed E-state index contributed by atoms with van der Waals surface area (Å²) in [5.74, 6) is 0.702. The van der Waals surface area contributed by atoms with Gasteiger partial charge in [0.2, 0.25) is 5.91 Å². The summed E-state index contributed by atoms with van der Waals surface area (Å²) in [6.07, 6.45) is 7.10. The van der Waals surface area contributed by atoms with E-state index in [1.54, 1.807) is 6.07 Å². The third kappa shape index (κ3) is 6.01. The Labute approximate surface area is 155 Å². The molecule has 2 amide bonds. The topological polar surface area (TPSA) is 70.2 Å². The standard InChI is InChI=1S/C19H27N3O2.ClH/c1-13-10-15(19(24)21-16-4-2-3-5-16)8-9-17(13)22-18(23)12-20-11-14-6-7-14;/h8-10,14,16,20H,2-7,11-12H2,1H3,(H,21,24)(H,22,23);1H. The average molecular weight is 366 g/mol. The molecule has 0 radical (unpaired) electrons. The van der Waals surface area contributed by atoms with E-state index in [2.05, 4.69) is 16.0 Å². The number of aryl methyl sites for hydroxylation is 1. The van der Waals surface area contributed by atoms with E-state index in [4.69, 9.17) is 0 Å². The maximum atomic E-state index is 12.3. The highest BCUT2D eigenvalue weighted by Gasteiger charge is 2.21. The van der Waals surface area contributed by atoms with Gasteiger partial charge in [0, 0.05) is 17.3 Å². The molecule has 2 fully saturated rings. The number of hydrogen-bond donors (Lipinski definition) is 3. The number of carbonyl (C=O) groups is 2. The van der Waals surface area contributed by atoms with E-state index >= 15 is 0 Å². The van der Waals surface area contributed by atoms with Gasteiger partial charge in [0.1, 0.15) is 0 Å². The van der Waals surface area contributed by atoms with Crippen LogP contribution in [0.3, 0.4) is 0 Å². The van der Waals surface area contributed by atoms with Crippen molar-refractivity contribution in [2.75, 3.05) is 18.4 Å². The van der Waals surface area contributed by atoms with E-state index < -0.39 is 0 Å². The molecule has 5 nitrogen and oxygen atoms in total. The van der Waals surface area contributed by atoms with Crippen molar-refractivity contribution in [1.29, 1.82) is 0 Å². The maximum absolute atomic E-state index is 12.3. The van der Waals surface area contributed by atoms with Gasteiger partial charge in [-0.1, -0.05) is 12.8 Å². The number of rotatable bonds is 7. The van der Waals surface area contributed by atoms with Crippen molar-refractivity contribution in [2.45, 2.75) is 51.5 Å². The molecule has 3 rings (SSSR count). The Morgan fingerprint density at radius 2 is 1.84 bits per heavy atom. The third-order valence-corrected chi connectivity index (χ3v) is 4.87. The quantitative estimate of drug-likeness (QED) is 0.695. The van der Waals surface area contributed by atoms with E-state index in [0.29, 0.717) is 18.2 Å². The molecule has 25 heavy (non-hydrogen) atoms. The number of anilines is 1. The molecule has 2 saturated carbocycles. The molecule has 0 bridgehead atoms. The van der Waals surface area contributed by atoms with Crippen LogP contribution in [0.1, 0.15) is 54.4 Å². The first-order chi connectivity index (χ1) is 11.6. The van der Waals surface area contributed by atoms with E-state index in [9.17, 15) is 9.59 Å². The predicted octanol–water partition coefficient (Wildman–Crippen LogP) is 3.03. The van der Waals surface area contributed by atoms with Gasteiger partial charge in [0.25, 0.3) is 5.91 Å². The Morgan fingerprint density at radius 1 is 1.12 bits per heavy atom. The molecule has 0 aliphatic heterocycles. The summed E-state index contributed by atoms with van der Waals surface area (Å²) >= 11 is 0. The van der Waals surface area contributed by atoms with Crippen LogP contribution in [-0.2, 0) is 4.79 Å². The van der Waals surface area contributed by atoms with Gasteiger partial charge in [-0.2, -0.15) is 0 Å². The highest BCUT2D eigenvalue weighted by molar-refractivity contribution is 5.97. The van der Waals surface area contributed by atoms with Crippen LogP contribution in [0.15, 0.2) is 18.2 Å². The van der Waals surface area contributed by atoms with Gasteiger partial charge >= 0.3 is 0 Å². The van der Waals surface area contributed by atoms with E-state index in [-0.39, 0.29) is 24.2 Å². The third-order valence-electron chi connectivity index (χ3n) is 4.87. The van der Waals surface area contributed by atoms with Crippen molar-refractivity contribution in [3.63, 3.8) is 0 Å². The molecule has 0 saturated heterocycles. The second-order valence-corrected chi connectivity index (χ2v) is 7.11. The second-order valence-electron chi connectivity index (χ2n) is 7.11. The van der Waals surface area contributed by atoms with Crippen LogP contribution in [0.25, 0.3) is 0 Å². The fourth-order valence-corrected chi connectivity index (χ4v) is 3.19. The molecule has 0 heterocycles. The largest absolute Gasteiger partial charge is 0.349 e. The summed E-state index contributed by atoms with van der Waals surface area (Å²) in [7, 11) is 0. The summed E-state index contributed by atoms with van der Waals surface area (Å²) in [5, 5.41) is 9.18. The molecule has 0 spiro atoms. The predicted molar refractivity (Wildman–Crippen MR) is 102 cm³/mol. The maximum Gasteiger partial charge on any atom is 0.251 e. The zero-order chi connectivity index (χ0) is 16.9. The SMILES string of the molecule is Cc1cc(C(=O)NC2CCCC2)ccc1NC(=O)CNCC1CC1.Cl. The van der Waals surface area contributed by atoms with Gasteiger partial charge in [-0.15, -0.1) is 12.4 Å². The minimum Gasteiger partial charge on any atom is -0.349 e. The van der Waals surface area contributed by atoms with Gasteiger partial charge in [0.05, 0.1) is 6.54 Å². The lowest BCUT2D eigenvalue weighted by atomic mass is 10.1. The number of halogens is 1. The van der Waals surface area contributed by atoms with Crippen molar-refractivity contribution in [1.82, 2.24) is 10.6 Å². The molecule has 0 unspecified atom stereocenters. The summed E-state index contributed by atoms with van der Waals surface area (Å²) < 4.78 is 0. The smallest absolute Gasteiger partial charge is 0.251 e. The molecule has 2 aliphatic carbocycles. The zero-order valence-corrected chi connectivity index (χ0v) is 15.6. The first-order valence-corrected chi connectivity index (χ1v) is 9.04. The summed E-state index contributed by atoms with van der Waals surface area (Å²) in [5.41, 5.74) is 2.33. The molecule has 6 heteroatoms. The number of benzene rings is 1. The van der Waals surface area contributed by atoms with Crippen LogP contribution in [0.4, 0.5) is 5.69 Å². The fourth-order valence-electron chi connectivity index (χ4n) is 3.19. The molecule has 1 aromatic rings. The van der Waals surface area contributed by atoms with Crippen LogP contribution < -0.4 is 16.0 Å². The zero-order valence-electron chi connectivity index (χ0n) is 14.8. The van der Waals surface area contributed by atoms with Gasteiger partial charge in [-0.25, -0.2) is 0 Å². The van der Waals surface area contributed by atoms with Crippen molar-refractivity contribution in [3.8, 4) is 0 Å². The average Bonchev–Trinajstić information content (AvgIpc) is 3.23. The first-order valence-electron chi connectivity index (χ1n) is 9.04. The lowest BCUT2D eigenvalue weighted by Crippen LogP contribution is -2.32. The Morgan fingerprint density at radius 3 is 2.48 bits per heavy atom. The minimum atomic E-state index is -0.0399. The van der Waals surface area contributed by atoms with Crippen LogP contribution in [0, 0.1) is 12.8 Å². The van der Waals surface area contributed by atoms with Crippen LogP contribution in [0.2, 0.25) is 0 Å². The highest BCUT2D eigenvalue weighted by atomic mass is 35.5. The van der Waals surface area contributed by atoms with Crippen LogP contribution in [0.5, 0.6) is 0 Å².